The molecule has 0 nitrogen and oxygen atoms in total. The van der Waals surface area contributed by atoms with Crippen molar-refractivity contribution in [2.24, 2.45) is 0 Å². The first-order valence-corrected chi connectivity index (χ1v) is 11.1. The van der Waals surface area contributed by atoms with Gasteiger partial charge in [0.25, 0.3) is 0 Å². The van der Waals surface area contributed by atoms with Gasteiger partial charge in [0, 0.05) is 0 Å². The maximum atomic E-state index is 2.38. The zero-order valence-electron chi connectivity index (χ0n) is 19.6. The molecule has 0 heteroatoms. The van der Waals surface area contributed by atoms with Crippen LogP contribution in [0.25, 0.3) is 43.8 Å². The third-order valence-corrected chi connectivity index (χ3v) is 6.83. The van der Waals surface area contributed by atoms with E-state index in [1.165, 1.54) is 66.1 Å². The lowest BCUT2D eigenvalue weighted by atomic mass is 9.72. The molecule has 152 valence electrons. The summed E-state index contributed by atoms with van der Waals surface area (Å²) in [6.45, 7) is 18.7. The van der Waals surface area contributed by atoms with Gasteiger partial charge in [0.15, 0.2) is 0 Å². The minimum Gasteiger partial charge on any atom is -0.0616 e. The number of hydrogen-bond acceptors (Lipinski definition) is 0. The lowest BCUT2D eigenvalue weighted by Crippen LogP contribution is -2.18. The Kier molecular flexibility index (Phi) is 3.86. The van der Waals surface area contributed by atoms with Gasteiger partial charge in [-0.05, 0) is 90.7 Å². The zero-order chi connectivity index (χ0) is 21.6. The Hall–Kier alpha value is -2.60. The summed E-state index contributed by atoms with van der Waals surface area (Å²) < 4.78 is 0. The predicted octanol–water partition coefficient (Wildman–Crippen LogP) is 8.85. The summed E-state index contributed by atoms with van der Waals surface area (Å²) in [5.74, 6) is 0. The van der Waals surface area contributed by atoms with E-state index in [-0.39, 0.29) is 10.8 Å². The van der Waals surface area contributed by atoms with Crippen LogP contribution >= 0.6 is 0 Å². The minimum absolute atomic E-state index is 0.0500. The molecule has 5 rings (SSSR count). The smallest absolute Gasteiger partial charge is 0.00208 e. The van der Waals surface area contributed by atoms with Crippen molar-refractivity contribution in [2.45, 2.75) is 66.2 Å². The van der Waals surface area contributed by atoms with Crippen LogP contribution in [0.5, 0.6) is 0 Å². The highest BCUT2D eigenvalue weighted by Crippen LogP contribution is 2.57. The fourth-order valence-corrected chi connectivity index (χ4v) is 5.82. The van der Waals surface area contributed by atoms with Crippen LogP contribution in [0.15, 0.2) is 48.5 Å². The summed E-state index contributed by atoms with van der Waals surface area (Å²) in [6.07, 6.45) is 0. The fourth-order valence-electron chi connectivity index (χ4n) is 5.82. The van der Waals surface area contributed by atoms with E-state index in [9.17, 15) is 0 Å². The van der Waals surface area contributed by atoms with Crippen molar-refractivity contribution in [3.63, 3.8) is 0 Å². The summed E-state index contributed by atoms with van der Waals surface area (Å²) >= 11 is 0. The average Bonchev–Trinajstić information content (AvgIpc) is 2.96. The van der Waals surface area contributed by atoms with E-state index in [2.05, 4.69) is 104 Å². The normalized spacial score (nSPS) is 13.3. The molecular weight excluding hydrogens is 360 g/mol. The minimum atomic E-state index is 0.0500. The highest BCUT2D eigenvalue weighted by molar-refractivity contribution is 6.21. The fraction of sp³-hybridized carbons (Fsp3) is 0.333. The molecule has 0 radical (unpaired) electrons. The molecule has 0 aromatic heterocycles. The monoisotopic (exact) mass is 392 g/mol. The van der Waals surface area contributed by atoms with E-state index < -0.39 is 0 Å². The molecule has 0 N–H and O–H groups in total. The molecule has 0 fully saturated rings. The van der Waals surface area contributed by atoms with E-state index in [0.717, 1.165) is 0 Å². The van der Waals surface area contributed by atoms with Crippen LogP contribution in [-0.2, 0) is 10.8 Å². The molecule has 0 unspecified atom stereocenters. The van der Waals surface area contributed by atoms with Gasteiger partial charge in [0.05, 0.1) is 0 Å². The quantitative estimate of drug-likeness (QED) is 0.247. The largest absolute Gasteiger partial charge is 0.0616 e. The third-order valence-electron chi connectivity index (χ3n) is 6.83. The molecule has 0 saturated carbocycles. The summed E-state index contributed by atoms with van der Waals surface area (Å²) in [7, 11) is 0. The van der Waals surface area contributed by atoms with Crippen LogP contribution in [0.3, 0.4) is 0 Å². The Morgan fingerprint density at radius 2 is 0.900 bits per heavy atom. The van der Waals surface area contributed by atoms with Gasteiger partial charge in [-0.15, -0.1) is 0 Å². The SMILES string of the molecule is Cc1ccc2c3c(ccc(C)c13)-c1c-2c(C(C)(C)C)c2ccccc2c1C(C)(C)C. The van der Waals surface area contributed by atoms with Crippen LogP contribution in [0.2, 0.25) is 0 Å². The Labute approximate surface area is 180 Å². The molecule has 0 heterocycles. The summed E-state index contributed by atoms with van der Waals surface area (Å²) in [5.41, 5.74) is 11.6. The summed E-state index contributed by atoms with van der Waals surface area (Å²) in [5, 5.41) is 5.71. The number of rotatable bonds is 0. The molecule has 4 aromatic rings. The lowest BCUT2D eigenvalue weighted by Gasteiger charge is -2.32. The van der Waals surface area contributed by atoms with Crippen LogP contribution in [0.4, 0.5) is 0 Å². The van der Waals surface area contributed by atoms with Gasteiger partial charge in [0.1, 0.15) is 0 Å². The van der Waals surface area contributed by atoms with Crippen molar-refractivity contribution in [1.29, 1.82) is 0 Å². The van der Waals surface area contributed by atoms with Gasteiger partial charge < -0.3 is 0 Å². The van der Waals surface area contributed by atoms with E-state index in [0.29, 0.717) is 0 Å². The molecule has 0 aliphatic heterocycles. The standard InChI is InChI=1S/C30H32/c1-17-13-15-21-24-22(16-14-18(2)23(17)24)26-25(21)27(29(3,4)5)19-11-9-10-12-20(19)28(26)30(6,7)8/h9-16H,1-8H3. The Morgan fingerprint density at radius 1 is 0.500 bits per heavy atom. The molecule has 1 aliphatic rings. The Balaban J connectivity index is 2.15. The van der Waals surface area contributed by atoms with Gasteiger partial charge in [0.2, 0.25) is 0 Å². The zero-order valence-corrected chi connectivity index (χ0v) is 19.6. The first-order chi connectivity index (χ1) is 14.0. The predicted molar refractivity (Wildman–Crippen MR) is 133 cm³/mol. The van der Waals surface area contributed by atoms with Crippen molar-refractivity contribution in [2.75, 3.05) is 0 Å². The van der Waals surface area contributed by atoms with Crippen molar-refractivity contribution < 1.29 is 0 Å². The maximum absolute atomic E-state index is 2.38. The van der Waals surface area contributed by atoms with Gasteiger partial charge in [-0.3, -0.25) is 0 Å². The second kappa shape index (κ2) is 5.97. The van der Waals surface area contributed by atoms with Crippen molar-refractivity contribution in [1.82, 2.24) is 0 Å². The van der Waals surface area contributed by atoms with E-state index in [1.54, 1.807) is 0 Å². The molecular formula is C30H32. The van der Waals surface area contributed by atoms with E-state index in [1.807, 2.05) is 0 Å². The molecule has 0 bridgehead atoms. The van der Waals surface area contributed by atoms with Crippen molar-refractivity contribution in [3.8, 4) is 22.3 Å². The number of fused-ring (bicyclic) bond motifs is 4. The second-order valence-corrected chi connectivity index (χ2v) is 11.2. The molecule has 0 amide bonds. The van der Waals surface area contributed by atoms with Crippen molar-refractivity contribution in [3.05, 3.63) is 70.8 Å². The first kappa shape index (κ1) is 19.4. The summed E-state index contributed by atoms with van der Waals surface area (Å²) in [6, 6.07) is 18.5. The van der Waals surface area contributed by atoms with E-state index in [4.69, 9.17) is 0 Å². The second-order valence-electron chi connectivity index (χ2n) is 11.2. The van der Waals surface area contributed by atoms with E-state index >= 15 is 0 Å². The topological polar surface area (TPSA) is 0 Å². The molecule has 0 atom stereocenters. The Bertz CT molecular complexity index is 1250. The van der Waals surface area contributed by atoms with Crippen LogP contribution in [0.1, 0.15) is 63.8 Å². The van der Waals surface area contributed by atoms with Gasteiger partial charge in [-0.2, -0.15) is 0 Å². The number of hydrogen-bond donors (Lipinski definition) is 0. The average molecular weight is 393 g/mol. The highest BCUT2D eigenvalue weighted by atomic mass is 14.4. The first-order valence-electron chi connectivity index (χ1n) is 11.1. The van der Waals surface area contributed by atoms with Gasteiger partial charge in [-0.25, -0.2) is 0 Å². The molecule has 4 aromatic carbocycles. The maximum Gasteiger partial charge on any atom is -0.00208 e. The van der Waals surface area contributed by atoms with Gasteiger partial charge >= 0.3 is 0 Å². The Morgan fingerprint density at radius 3 is 1.27 bits per heavy atom. The molecule has 0 saturated heterocycles. The van der Waals surface area contributed by atoms with Gasteiger partial charge in [-0.1, -0.05) is 90.1 Å². The molecule has 30 heavy (non-hydrogen) atoms. The molecule has 0 spiro atoms. The molecule has 1 aliphatic carbocycles. The van der Waals surface area contributed by atoms with Crippen molar-refractivity contribution >= 4 is 21.5 Å². The van der Waals surface area contributed by atoms with Crippen LogP contribution in [0, 0.1) is 13.8 Å². The summed E-state index contributed by atoms with van der Waals surface area (Å²) in [4.78, 5) is 0. The third kappa shape index (κ3) is 2.46. The van der Waals surface area contributed by atoms with Crippen LogP contribution < -0.4 is 0 Å². The highest BCUT2D eigenvalue weighted by Gasteiger charge is 2.36. The van der Waals surface area contributed by atoms with Crippen LogP contribution in [-0.4, -0.2) is 0 Å². The lowest BCUT2D eigenvalue weighted by molar-refractivity contribution is 0.588. The number of aryl methyl sites for hydroxylation is 2. The number of benzene rings is 4.